The summed E-state index contributed by atoms with van der Waals surface area (Å²) in [6.07, 6.45) is 5.70. The van der Waals surface area contributed by atoms with E-state index in [9.17, 15) is 0 Å². The molecule has 0 aliphatic rings. The van der Waals surface area contributed by atoms with Gasteiger partial charge in [-0.05, 0) is 25.5 Å². The molecular weight excluding hydrogens is 212 g/mol. The average Bonchev–Trinajstić information content (AvgIpc) is 2.31. The minimum atomic E-state index is 0.574. The van der Waals surface area contributed by atoms with Gasteiger partial charge >= 0.3 is 0 Å². The topological polar surface area (TPSA) is 34.1 Å². The van der Waals surface area contributed by atoms with Crippen molar-refractivity contribution in [3.63, 3.8) is 0 Å². The maximum absolute atomic E-state index is 5.60. The van der Waals surface area contributed by atoms with Crippen LogP contribution in [0.1, 0.15) is 26.3 Å². The summed E-state index contributed by atoms with van der Waals surface area (Å²) < 4.78 is 5.60. The minimum Gasteiger partial charge on any atom is -0.473 e. The van der Waals surface area contributed by atoms with E-state index in [4.69, 9.17) is 4.74 Å². The summed E-state index contributed by atoms with van der Waals surface area (Å²) in [5.74, 6) is 1.38. The van der Waals surface area contributed by atoms with E-state index in [1.165, 1.54) is 0 Å². The van der Waals surface area contributed by atoms with Gasteiger partial charge in [-0.25, -0.2) is 4.98 Å². The first kappa shape index (κ1) is 13.7. The molecule has 3 nitrogen and oxygen atoms in total. The van der Waals surface area contributed by atoms with Crippen molar-refractivity contribution in [1.82, 2.24) is 10.3 Å². The second-order valence-electron chi connectivity index (χ2n) is 4.37. The van der Waals surface area contributed by atoms with E-state index in [2.05, 4.69) is 24.1 Å². The molecule has 1 N–H and O–H groups in total. The van der Waals surface area contributed by atoms with Crippen molar-refractivity contribution in [2.24, 2.45) is 5.92 Å². The van der Waals surface area contributed by atoms with Crippen molar-refractivity contribution in [2.75, 3.05) is 13.2 Å². The molecule has 94 valence electrons. The minimum absolute atomic E-state index is 0.574. The number of allylic oxidation sites excluding steroid dienone is 1. The summed E-state index contributed by atoms with van der Waals surface area (Å²) in [4.78, 5) is 4.25. The van der Waals surface area contributed by atoms with Gasteiger partial charge in [-0.1, -0.05) is 32.1 Å². The molecule has 0 saturated heterocycles. The fourth-order valence-electron chi connectivity index (χ4n) is 1.41. The first-order valence-electron chi connectivity index (χ1n) is 6.12. The number of nitrogens with zero attached hydrogens (tertiary/aromatic N) is 1. The van der Waals surface area contributed by atoms with Crippen LogP contribution in [-0.2, 0) is 6.54 Å². The maximum Gasteiger partial charge on any atom is 0.218 e. The molecule has 1 aromatic heterocycles. The fraction of sp³-hybridized carbons (Fsp3) is 0.500. The highest BCUT2D eigenvalue weighted by Crippen LogP contribution is 2.13. The molecule has 1 aromatic rings. The first-order chi connectivity index (χ1) is 8.24. The Morgan fingerprint density at radius 1 is 1.47 bits per heavy atom. The highest BCUT2D eigenvalue weighted by atomic mass is 16.5. The molecule has 0 spiro atoms. The highest BCUT2D eigenvalue weighted by Gasteiger charge is 2.03. The fourth-order valence-corrected chi connectivity index (χ4v) is 1.41. The van der Waals surface area contributed by atoms with E-state index in [0.29, 0.717) is 12.5 Å². The first-order valence-corrected chi connectivity index (χ1v) is 6.12. The Balaban J connectivity index is 2.51. The lowest BCUT2D eigenvalue weighted by molar-refractivity contribution is 0.342. The van der Waals surface area contributed by atoms with Crippen LogP contribution in [0.5, 0.6) is 5.88 Å². The number of hydrogen-bond donors (Lipinski definition) is 1. The molecule has 3 heteroatoms. The van der Waals surface area contributed by atoms with Crippen LogP contribution in [0.25, 0.3) is 0 Å². The van der Waals surface area contributed by atoms with Crippen LogP contribution in [0, 0.1) is 5.92 Å². The summed E-state index contributed by atoms with van der Waals surface area (Å²) in [7, 11) is 0. The van der Waals surface area contributed by atoms with Crippen LogP contribution < -0.4 is 10.1 Å². The van der Waals surface area contributed by atoms with Crippen LogP contribution in [0.15, 0.2) is 30.5 Å². The molecule has 17 heavy (non-hydrogen) atoms. The third-order valence-corrected chi connectivity index (χ3v) is 2.27. The van der Waals surface area contributed by atoms with Gasteiger partial charge in [0.1, 0.15) is 6.61 Å². The average molecular weight is 234 g/mol. The van der Waals surface area contributed by atoms with E-state index in [-0.39, 0.29) is 0 Å². The molecular formula is C14H22N2O. The largest absolute Gasteiger partial charge is 0.473 e. The molecule has 0 bridgehead atoms. The van der Waals surface area contributed by atoms with Crippen LogP contribution >= 0.6 is 0 Å². The zero-order valence-corrected chi connectivity index (χ0v) is 10.9. The predicted octanol–water partition coefficient (Wildman–Crippen LogP) is 2.78. The Hall–Kier alpha value is -1.35. The normalized spacial score (nSPS) is 11.3. The second kappa shape index (κ2) is 7.85. The Morgan fingerprint density at radius 2 is 2.29 bits per heavy atom. The molecule has 1 rings (SSSR count). The molecule has 0 unspecified atom stereocenters. The van der Waals surface area contributed by atoms with Gasteiger partial charge in [-0.15, -0.1) is 0 Å². The lowest BCUT2D eigenvalue weighted by atomic mass is 10.2. The number of hydrogen-bond acceptors (Lipinski definition) is 3. The zero-order chi connectivity index (χ0) is 12.5. The van der Waals surface area contributed by atoms with Crippen molar-refractivity contribution in [1.29, 1.82) is 0 Å². The van der Waals surface area contributed by atoms with E-state index in [1.807, 2.05) is 31.2 Å². The van der Waals surface area contributed by atoms with Gasteiger partial charge in [0, 0.05) is 18.3 Å². The predicted molar refractivity (Wildman–Crippen MR) is 71.1 cm³/mol. The molecule has 0 aliphatic heterocycles. The Kier molecular flexibility index (Phi) is 6.33. The monoisotopic (exact) mass is 234 g/mol. The summed E-state index contributed by atoms with van der Waals surface area (Å²) in [6.45, 7) is 8.75. The maximum atomic E-state index is 5.60. The lowest BCUT2D eigenvalue weighted by Crippen LogP contribution is -2.19. The van der Waals surface area contributed by atoms with Gasteiger partial charge in [0.05, 0.1) is 0 Å². The molecule has 0 aromatic carbocycles. The number of nitrogens with one attached hydrogen (secondary N) is 1. The smallest absolute Gasteiger partial charge is 0.218 e. The van der Waals surface area contributed by atoms with Crippen LogP contribution in [0.3, 0.4) is 0 Å². The second-order valence-corrected chi connectivity index (χ2v) is 4.37. The van der Waals surface area contributed by atoms with Gasteiger partial charge < -0.3 is 10.1 Å². The summed E-state index contributed by atoms with van der Waals surface area (Å²) in [5.41, 5.74) is 1.11. The van der Waals surface area contributed by atoms with Crippen LogP contribution in [0.2, 0.25) is 0 Å². The van der Waals surface area contributed by atoms with Crippen molar-refractivity contribution < 1.29 is 4.74 Å². The third kappa shape index (κ3) is 5.50. The Bertz CT molecular complexity index is 348. The van der Waals surface area contributed by atoms with Crippen molar-refractivity contribution in [3.05, 3.63) is 36.0 Å². The summed E-state index contributed by atoms with van der Waals surface area (Å²) in [6, 6.07) is 3.99. The number of pyridine rings is 1. The lowest BCUT2D eigenvalue weighted by Gasteiger charge is -2.11. The molecule has 0 amide bonds. The van der Waals surface area contributed by atoms with Gasteiger partial charge in [0.25, 0.3) is 0 Å². The Morgan fingerprint density at radius 3 is 3.00 bits per heavy atom. The van der Waals surface area contributed by atoms with E-state index >= 15 is 0 Å². The van der Waals surface area contributed by atoms with Gasteiger partial charge in [-0.2, -0.15) is 0 Å². The van der Waals surface area contributed by atoms with Crippen LogP contribution in [0.4, 0.5) is 0 Å². The van der Waals surface area contributed by atoms with Gasteiger partial charge in [0.2, 0.25) is 5.88 Å². The molecule has 0 atom stereocenters. The van der Waals surface area contributed by atoms with Crippen LogP contribution in [-0.4, -0.2) is 18.1 Å². The third-order valence-electron chi connectivity index (χ3n) is 2.27. The van der Waals surface area contributed by atoms with E-state index in [1.54, 1.807) is 6.20 Å². The number of rotatable bonds is 7. The molecule has 0 aliphatic carbocycles. The van der Waals surface area contributed by atoms with Crippen molar-refractivity contribution >= 4 is 0 Å². The molecule has 0 radical (unpaired) electrons. The number of aromatic nitrogens is 1. The standard InChI is InChI=1S/C14H22N2O/c1-4-5-9-17-14-13(7-6-8-16-14)11-15-10-12(2)3/h4-8,12,15H,9-11H2,1-3H3. The highest BCUT2D eigenvalue weighted by molar-refractivity contribution is 5.25. The van der Waals surface area contributed by atoms with E-state index < -0.39 is 0 Å². The summed E-state index contributed by atoms with van der Waals surface area (Å²) in [5, 5.41) is 3.39. The van der Waals surface area contributed by atoms with E-state index in [0.717, 1.165) is 24.5 Å². The Labute approximate surface area is 104 Å². The van der Waals surface area contributed by atoms with Gasteiger partial charge in [0.15, 0.2) is 0 Å². The van der Waals surface area contributed by atoms with Gasteiger partial charge in [-0.3, -0.25) is 0 Å². The SMILES string of the molecule is CC=CCOc1ncccc1CNCC(C)C. The van der Waals surface area contributed by atoms with Crippen molar-refractivity contribution in [2.45, 2.75) is 27.3 Å². The summed E-state index contributed by atoms with van der Waals surface area (Å²) >= 11 is 0. The van der Waals surface area contributed by atoms with Crippen molar-refractivity contribution in [3.8, 4) is 5.88 Å². The molecule has 0 fully saturated rings. The molecule has 1 heterocycles. The molecule has 0 saturated carbocycles. The zero-order valence-electron chi connectivity index (χ0n) is 10.9. The quantitative estimate of drug-likeness (QED) is 0.737. The number of ether oxygens (including phenoxy) is 1.